The van der Waals surface area contributed by atoms with Crippen LogP contribution in [0.4, 0.5) is 0 Å². The molecule has 5 heteroatoms. The van der Waals surface area contributed by atoms with E-state index >= 15 is 0 Å². The maximum absolute atomic E-state index is 10.8. The normalized spacial score (nSPS) is 16.9. The fourth-order valence-electron chi connectivity index (χ4n) is 3.74. The maximum atomic E-state index is 10.8. The summed E-state index contributed by atoms with van der Waals surface area (Å²) in [4.78, 5) is 7.94. The number of halogens is 1. The van der Waals surface area contributed by atoms with Gasteiger partial charge in [-0.2, -0.15) is 0 Å². The second kappa shape index (κ2) is 9.90. The van der Waals surface area contributed by atoms with Gasteiger partial charge in [-0.3, -0.25) is 4.90 Å². The molecule has 1 aliphatic rings. The molecule has 0 aromatic heterocycles. The molecule has 30 heavy (non-hydrogen) atoms. The van der Waals surface area contributed by atoms with Crippen molar-refractivity contribution in [3.8, 4) is 0 Å². The molecule has 4 nitrogen and oxygen atoms in total. The Labute approximate surface area is 182 Å². The Hall–Kier alpha value is -2.66. The molecule has 1 N–H and O–H groups in total. The van der Waals surface area contributed by atoms with E-state index in [-0.39, 0.29) is 6.10 Å². The first-order valence-corrected chi connectivity index (χ1v) is 10.5. The average Bonchev–Trinajstić information content (AvgIpc) is 3.23. The number of aliphatic hydroxyl groups excluding tert-OH is 1. The Morgan fingerprint density at radius 3 is 2.47 bits per heavy atom. The number of oxime groups is 1. The van der Waals surface area contributed by atoms with Crippen molar-refractivity contribution < 1.29 is 9.94 Å². The standard InChI is InChI=1S/C25H25ClN2O2/c26-22-13-7-8-19(14-22)16-28(18-25(29)21-11-5-2-6-12-21)17-23-15-24(27-30-23)20-9-3-1-4-10-20/h1-14,23,25,29H,15-18H2/t23-,25+/m1/s1. The van der Waals surface area contributed by atoms with Gasteiger partial charge in [-0.1, -0.05) is 89.6 Å². The Bertz CT molecular complexity index is 979. The Balaban J connectivity index is 1.45. The summed E-state index contributed by atoms with van der Waals surface area (Å²) in [5.41, 5.74) is 4.06. The summed E-state index contributed by atoms with van der Waals surface area (Å²) in [5.74, 6) is 0. The molecule has 4 rings (SSSR count). The number of benzene rings is 3. The van der Waals surface area contributed by atoms with Crippen LogP contribution in [-0.2, 0) is 11.4 Å². The molecule has 0 amide bonds. The SMILES string of the molecule is O[C@@H](CN(Cc1cccc(Cl)c1)C[C@H]1CC(c2ccccc2)=NO1)c1ccccc1. The van der Waals surface area contributed by atoms with Gasteiger partial charge in [0.2, 0.25) is 0 Å². The lowest BCUT2D eigenvalue weighted by Gasteiger charge is -2.27. The van der Waals surface area contributed by atoms with Gasteiger partial charge in [-0.25, -0.2) is 0 Å². The number of hydrogen-bond acceptors (Lipinski definition) is 4. The summed E-state index contributed by atoms with van der Waals surface area (Å²) < 4.78 is 0. The van der Waals surface area contributed by atoms with Crippen molar-refractivity contribution in [1.82, 2.24) is 4.90 Å². The molecular formula is C25H25ClN2O2. The molecule has 2 atom stereocenters. The third-order valence-corrected chi connectivity index (χ3v) is 5.45. The molecule has 0 unspecified atom stereocenters. The molecule has 0 aliphatic carbocycles. The van der Waals surface area contributed by atoms with E-state index < -0.39 is 6.10 Å². The average molecular weight is 421 g/mol. The molecule has 3 aromatic rings. The summed E-state index contributed by atoms with van der Waals surface area (Å²) in [5, 5.41) is 15.8. The Morgan fingerprint density at radius 1 is 1.00 bits per heavy atom. The maximum Gasteiger partial charge on any atom is 0.145 e. The van der Waals surface area contributed by atoms with Gasteiger partial charge in [0.15, 0.2) is 0 Å². The van der Waals surface area contributed by atoms with E-state index in [0.717, 1.165) is 28.8 Å². The van der Waals surface area contributed by atoms with Gasteiger partial charge < -0.3 is 9.94 Å². The minimum Gasteiger partial charge on any atom is -0.390 e. The quantitative estimate of drug-likeness (QED) is 0.553. The first kappa shape index (κ1) is 20.6. The lowest BCUT2D eigenvalue weighted by molar-refractivity contribution is 0.0318. The molecule has 0 spiro atoms. The van der Waals surface area contributed by atoms with Crippen LogP contribution in [0.25, 0.3) is 0 Å². The van der Waals surface area contributed by atoms with Crippen molar-refractivity contribution in [3.05, 3.63) is 107 Å². The van der Waals surface area contributed by atoms with Crippen molar-refractivity contribution >= 4 is 17.3 Å². The van der Waals surface area contributed by atoms with E-state index in [1.165, 1.54) is 0 Å². The molecular weight excluding hydrogens is 396 g/mol. The van der Waals surface area contributed by atoms with Gasteiger partial charge in [0.05, 0.1) is 11.8 Å². The summed E-state index contributed by atoms with van der Waals surface area (Å²) in [6, 6.07) is 27.7. The van der Waals surface area contributed by atoms with Crippen LogP contribution in [0.5, 0.6) is 0 Å². The van der Waals surface area contributed by atoms with Crippen LogP contribution in [0.3, 0.4) is 0 Å². The molecule has 0 bridgehead atoms. The van der Waals surface area contributed by atoms with Crippen molar-refractivity contribution in [1.29, 1.82) is 0 Å². The first-order valence-electron chi connectivity index (χ1n) is 10.2. The van der Waals surface area contributed by atoms with Gasteiger partial charge in [0, 0.05) is 31.1 Å². The second-order valence-corrected chi connectivity index (χ2v) is 8.02. The Kier molecular flexibility index (Phi) is 6.80. The topological polar surface area (TPSA) is 45.1 Å². The van der Waals surface area contributed by atoms with Crippen LogP contribution in [-0.4, -0.2) is 34.9 Å². The fourth-order valence-corrected chi connectivity index (χ4v) is 3.95. The Morgan fingerprint density at radius 2 is 1.73 bits per heavy atom. The lowest BCUT2D eigenvalue weighted by atomic mass is 10.0. The molecule has 154 valence electrons. The third kappa shape index (κ3) is 5.48. The predicted molar refractivity (Wildman–Crippen MR) is 121 cm³/mol. The summed E-state index contributed by atoms with van der Waals surface area (Å²) in [6.45, 7) is 1.83. The van der Waals surface area contributed by atoms with Crippen molar-refractivity contribution in [2.45, 2.75) is 25.2 Å². The third-order valence-electron chi connectivity index (χ3n) is 5.21. The largest absolute Gasteiger partial charge is 0.390 e. The van der Waals surface area contributed by atoms with Gasteiger partial charge in [0.1, 0.15) is 6.10 Å². The van der Waals surface area contributed by atoms with E-state index in [2.05, 4.69) is 16.1 Å². The van der Waals surface area contributed by atoms with E-state index in [4.69, 9.17) is 16.4 Å². The summed E-state index contributed by atoms with van der Waals surface area (Å²) in [6.07, 6.45) is 0.112. The number of aliphatic hydroxyl groups is 1. The van der Waals surface area contributed by atoms with E-state index in [9.17, 15) is 5.11 Å². The zero-order chi connectivity index (χ0) is 20.8. The number of hydrogen-bond donors (Lipinski definition) is 1. The van der Waals surface area contributed by atoms with E-state index in [1.807, 2.05) is 78.9 Å². The summed E-state index contributed by atoms with van der Waals surface area (Å²) in [7, 11) is 0. The zero-order valence-corrected chi connectivity index (χ0v) is 17.4. The van der Waals surface area contributed by atoms with E-state index in [0.29, 0.717) is 24.7 Å². The van der Waals surface area contributed by atoms with Crippen LogP contribution >= 0.6 is 11.6 Å². The highest BCUT2D eigenvalue weighted by Gasteiger charge is 2.26. The van der Waals surface area contributed by atoms with Gasteiger partial charge in [-0.15, -0.1) is 0 Å². The first-order chi connectivity index (χ1) is 14.7. The van der Waals surface area contributed by atoms with Crippen LogP contribution in [0, 0.1) is 0 Å². The van der Waals surface area contributed by atoms with Crippen LogP contribution < -0.4 is 0 Å². The summed E-state index contributed by atoms with van der Waals surface area (Å²) >= 11 is 6.18. The number of rotatable bonds is 8. The predicted octanol–water partition coefficient (Wildman–Crippen LogP) is 5.07. The van der Waals surface area contributed by atoms with Gasteiger partial charge >= 0.3 is 0 Å². The monoisotopic (exact) mass is 420 g/mol. The molecule has 0 fully saturated rings. The van der Waals surface area contributed by atoms with Crippen LogP contribution in [0.1, 0.15) is 29.2 Å². The second-order valence-electron chi connectivity index (χ2n) is 7.59. The molecule has 0 radical (unpaired) electrons. The number of nitrogens with zero attached hydrogens (tertiary/aromatic N) is 2. The van der Waals surface area contributed by atoms with Gasteiger partial charge in [-0.05, 0) is 28.8 Å². The minimum absolute atomic E-state index is 0.0534. The molecule has 0 saturated heterocycles. The van der Waals surface area contributed by atoms with Crippen molar-refractivity contribution in [2.24, 2.45) is 5.16 Å². The molecule has 0 saturated carbocycles. The minimum atomic E-state index is -0.582. The highest BCUT2D eigenvalue weighted by Crippen LogP contribution is 2.22. The fraction of sp³-hybridized carbons (Fsp3) is 0.240. The smallest absolute Gasteiger partial charge is 0.145 e. The van der Waals surface area contributed by atoms with Crippen molar-refractivity contribution in [3.63, 3.8) is 0 Å². The molecule has 1 heterocycles. The highest BCUT2D eigenvalue weighted by molar-refractivity contribution is 6.30. The lowest BCUT2D eigenvalue weighted by Crippen LogP contribution is -2.35. The highest BCUT2D eigenvalue weighted by atomic mass is 35.5. The van der Waals surface area contributed by atoms with Crippen molar-refractivity contribution in [2.75, 3.05) is 13.1 Å². The van der Waals surface area contributed by atoms with Crippen LogP contribution in [0.15, 0.2) is 90.1 Å². The van der Waals surface area contributed by atoms with Gasteiger partial charge in [0.25, 0.3) is 0 Å². The zero-order valence-electron chi connectivity index (χ0n) is 16.7. The van der Waals surface area contributed by atoms with E-state index in [1.54, 1.807) is 0 Å². The van der Waals surface area contributed by atoms with Crippen LogP contribution in [0.2, 0.25) is 5.02 Å². The molecule has 1 aliphatic heterocycles. The molecule has 3 aromatic carbocycles.